The van der Waals surface area contributed by atoms with Crippen LogP contribution in [-0.2, 0) is 13.1 Å². The molecule has 0 amide bonds. The van der Waals surface area contributed by atoms with E-state index in [1.54, 1.807) is 6.07 Å². The van der Waals surface area contributed by atoms with E-state index >= 15 is 0 Å². The molecule has 1 saturated carbocycles. The van der Waals surface area contributed by atoms with Crippen molar-refractivity contribution in [2.24, 2.45) is 5.92 Å². The minimum Gasteiger partial charge on any atom is -0.283 e. The third-order valence-corrected chi connectivity index (χ3v) is 2.91. The standard InChI is InChI=1S/C10H10ClN3O2/c11-8-5-9(15)13(4-3-12)10(16)14(8)6-7-1-2-7/h5,7H,1-2,4,6H2. The fourth-order valence-electron chi connectivity index (χ4n) is 1.53. The Kier molecular flexibility index (Phi) is 2.84. The van der Waals surface area contributed by atoms with Crippen LogP contribution < -0.4 is 11.2 Å². The zero-order valence-electron chi connectivity index (χ0n) is 8.52. The van der Waals surface area contributed by atoms with Gasteiger partial charge in [0.25, 0.3) is 5.56 Å². The molecule has 0 saturated heterocycles. The molecule has 0 N–H and O–H groups in total. The van der Waals surface area contributed by atoms with Gasteiger partial charge in [-0.3, -0.25) is 9.36 Å². The van der Waals surface area contributed by atoms with Crippen molar-refractivity contribution < 1.29 is 0 Å². The summed E-state index contributed by atoms with van der Waals surface area (Å²) in [6.45, 7) is 0.295. The van der Waals surface area contributed by atoms with Crippen LogP contribution in [-0.4, -0.2) is 9.13 Å². The summed E-state index contributed by atoms with van der Waals surface area (Å²) in [5.41, 5.74) is -1.02. The van der Waals surface area contributed by atoms with Gasteiger partial charge in [0.15, 0.2) is 0 Å². The fourth-order valence-corrected chi connectivity index (χ4v) is 1.76. The molecule has 1 aliphatic rings. The Morgan fingerprint density at radius 1 is 1.44 bits per heavy atom. The average Bonchev–Trinajstić information content (AvgIpc) is 3.03. The quantitative estimate of drug-likeness (QED) is 0.726. The Labute approximate surface area is 96.5 Å². The lowest BCUT2D eigenvalue weighted by molar-refractivity contribution is 0.550. The number of hydrogen-bond donors (Lipinski definition) is 0. The minimum absolute atomic E-state index is 0.149. The summed E-state index contributed by atoms with van der Waals surface area (Å²) in [5.74, 6) is 0.475. The fraction of sp³-hybridized carbons (Fsp3) is 0.500. The lowest BCUT2D eigenvalue weighted by Gasteiger charge is -2.09. The van der Waals surface area contributed by atoms with E-state index in [0.29, 0.717) is 12.5 Å². The number of aromatic nitrogens is 2. The third kappa shape index (κ3) is 2.02. The van der Waals surface area contributed by atoms with Gasteiger partial charge in [0.2, 0.25) is 0 Å². The van der Waals surface area contributed by atoms with Crippen molar-refractivity contribution in [2.45, 2.75) is 25.9 Å². The van der Waals surface area contributed by atoms with Crippen molar-refractivity contribution in [3.63, 3.8) is 0 Å². The molecule has 1 aliphatic carbocycles. The average molecular weight is 240 g/mol. The molecule has 5 nitrogen and oxygen atoms in total. The first-order valence-electron chi connectivity index (χ1n) is 5.00. The Balaban J connectivity index is 2.51. The van der Waals surface area contributed by atoms with Crippen molar-refractivity contribution in [2.75, 3.05) is 0 Å². The number of rotatable bonds is 3. The predicted octanol–water partition coefficient (Wildman–Crippen LogP) is 0.597. The van der Waals surface area contributed by atoms with Crippen LogP contribution in [0.25, 0.3) is 0 Å². The van der Waals surface area contributed by atoms with Gasteiger partial charge in [-0.25, -0.2) is 9.36 Å². The molecule has 84 valence electrons. The van der Waals surface area contributed by atoms with Crippen LogP contribution in [0.1, 0.15) is 12.8 Å². The Morgan fingerprint density at radius 2 is 2.12 bits per heavy atom. The molecule has 0 aromatic carbocycles. The number of nitriles is 1. The Hall–Kier alpha value is -1.54. The maximum absolute atomic E-state index is 11.9. The molecule has 16 heavy (non-hydrogen) atoms. The largest absolute Gasteiger partial charge is 0.333 e. The maximum atomic E-state index is 11.9. The molecule has 6 heteroatoms. The van der Waals surface area contributed by atoms with Crippen LogP contribution >= 0.6 is 11.6 Å². The van der Waals surface area contributed by atoms with Crippen molar-refractivity contribution in [1.82, 2.24) is 9.13 Å². The van der Waals surface area contributed by atoms with Gasteiger partial charge in [-0.05, 0) is 18.8 Å². The zero-order valence-corrected chi connectivity index (χ0v) is 9.28. The molecule has 0 atom stereocenters. The highest BCUT2D eigenvalue weighted by Gasteiger charge is 2.23. The smallest absolute Gasteiger partial charge is 0.283 e. The van der Waals surface area contributed by atoms with E-state index in [4.69, 9.17) is 16.9 Å². The first-order chi connectivity index (χ1) is 7.63. The van der Waals surface area contributed by atoms with Crippen molar-refractivity contribution in [1.29, 1.82) is 5.26 Å². The van der Waals surface area contributed by atoms with Gasteiger partial charge in [0, 0.05) is 12.6 Å². The van der Waals surface area contributed by atoms with Gasteiger partial charge in [-0.15, -0.1) is 0 Å². The highest BCUT2D eigenvalue weighted by atomic mass is 35.5. The van der Waals surface area contributed by atoms with Crippen LogP contribution in [0.2, 0.25) is 5.15 Å². The highest BCUT2D eigenvalue weighted by Crippen LogP contribution is 2.30. The summed E-state index contributed by atoms with van der Waals surface area (Å²) in [6, 6.07) is 2.97. The van der Waals surface area contributed by atoms with Gasteiger partial charge in [0.1, 0.15) is 11.7 Å². The second-order valence-electron chi connectivity index (χ2n) is 3.89. The number of hydrogen-bond acceptors (Lipinski definition) is 3. The lowest BCUT2D eigenvalue weighted by Crippen LogP contribution is -2.39. The summed E-state index contributed by atoms with van der Waals surface area (Å²) in [6.07, 6.45) is 2.17. The molecule has 0 bridgehead atoms. The van der Waals surface area contributed by atoms with Gasteiger partial charge in [0.05, 0.1) is 6.07 Å². The summed E-state index contributed by atoms with van der Waals surface area (Å²) in [7, 11) is 0. The summed E-state index contributed by atoms with van der Waals surface area (Å²) in [5, 5.41) is 8.68. The van der Waals surface area contributed by atoms with Gasteiger partial charge < -0.3 is 0 Å². The molecule has 0 spiro atoms. The van der Waals surface area contributed by atoms with Crippen LogP contribution in [0.3, 0.4) is 0 Å². The predicted molar refractivity (Wildman–Crippen MR) is 58.3 cm³/mol. The topological polar surface area (TPSA) is 67.8 Å². The summed E-state index contributed by atoms with van der Waals surface area (Å²) >= 11 is 5.85. The number of nitrogens with zero attached hydrogens (tertiary/aromatic N) is 3. The molecule has 1 aromatic heterocycles. The van der Waals surface area contributed by atoms with Crippen molar-refractivity contribution in [3.8, 4) is 6.07 Å². The summed E-state index contributed by atoms with van der Waals surface area (Å²) in [4.78, 5) is 23.3. The maximum Gasteiger partial charge on any atom is 0.333 e. The van der Waals surface area contributed by atoms with Crippen LogP contribution in [0.5, 0.6) is 0 Å². The van der Waals surface area contributed by atoms with E-state index in [1.807, 2.05) is 0 Å². The summed E-state index contributed by atoms with van der Waals surface area (Å²) < 4.78 is 2.26. The molecule has 1 fully saturated rings. The van der Waals surface area contributed by atoms with E-state index in [1.165, 1.54) is 10.6 Å². The number of halogens is 1. The molecule has 1 heterocycles. The first-order valence-corrected chi connectivity index (χ1v) is 5.38. The first kappa shape index (κ1) is 11.0. The van der Waals surface area contributed by atoms with Gasteiger partial charge in [-0.2, -0.15) is 5.26 Å². The van der Waals surface area contributed by atoms with Crippen LogP contribution in [0.15, 0.2) is 15.7 Å². The van der Waals surface area contributed by atoms with Gasteiger partial charge in [-0.1, -0.05) is 11.6 Å². The van der Waals surface area contributed by atoms with Crippen molar-refractivity contribution >= 4 is 11.6 Å². The Morgan fingerprint density at radius 3 is 2.69 bits per heavy atom. The molecule has 0 unspecified atom stereocenters. The molecule has 2 rings (SSSR count). The SMILES string of the molecule is N#CCn1c(=O)cc(Cl)n(CC2CC2)c1=O. The lowest BCUT2D eigenvalue weighted by atomic mass is 10.4. The van der Waals surface area contributed by atoms with Crippen LogP contribution in [0.4, 0.5) is 0 Å². The monoisotopic (exact) mass is 239 g/mol. The van der Waals surface area contributed by atoms with Gasteiger partial charge >= 0.3 is 5.69 Å². The normalized spacial score (nSPS) is 14.8. The molecular formula is C10H10ClN3O2. The minimum atomic E-state index is -0.524. The van der Waals surface area contributed by atoms with Crippen molar-refractivity contribution in [3.05, 3.63) is 32.1 Å². The molecule has 1 aromatic rings. The van der Waals surface area contributed by atoms with E-state index in [-0.39, 0.29) is 11.7 Å². The third-order valence-electron chi connectivity index (χ3n) is 2.59. The molecule has 0 aliphatic heterocycles. The van der Waals surface area contributed by atoms with E-state index in [2.05, 4.69) is 0 Å². The highest BCUT2D eigenvalue weighted by molar-refractivity contribution is 6.29. The molecular weight excluding hydrogens is 230 g/mol. The van der Waals surface area contributed by atoms with E-state index in [0.717, 1.165) is 17.4 Å². The second kappa shape index (κ2) is 4.14. The van der Waals surface area contributed by atoms with E-state index < -0.39 is 11.2 Å². The zero-order chi connectivity index (χ0) is 11.7. The second-order valence-corrected chi connectivity index (χ2v) is 4.27. The Bertz CT molecular complexity index is 563. The molecule has 0 radical (unpaired) electrons. The van der Waals surface area contributed by atoms with Crippen LogP contribution in [0, 0.1) is 17.2 Å². The van der Waals surface area contributed by atoms with E-state index in [9.17, 15) is 9.59 Å².